The number of anilines is 2. The molecule has 0 radical (unpaired) electrons. The number of ether oxygens (including phenoxy) is 2. The van der Waals surface area contributed by atoms with E-state index in [-0.39, 0.29) is 0 Å². The van der Waals surface area contributed by atoms with Crippen LogP contribution in [0.1, 0.15) is 5.56 Å². The molecule has 0 amide bonds. The summed E-state index contributed by atoms with van der Waals surface area (Å²) in [6.45, 7) is 5.86. The van der Waals surface area contributed by atoms with Crippen molar-refractivity contribution >= 4 is 53.4 Å². The first-order valence-corrected chi connectivity index (χ1v) is 11.2. The second-order valence-electron chi connectivity index (χ2n) is 7.06. The Morgan fingerprint density at radius 2 is 1.59 bits per heavy atom. The van der Waals surface area contributed by atoms with Crippen LogP contribution in [0.25, 0.3) is 20.4 Å². The molecule has 29 heavy (non-hydrogen) atoms. The zero-order chi connectivity index (χ0) is 20.0. The molecule has 2 aromatic carbocycles. The van der Waals surface area contributed by atoms with Crippen molar-refractivity contribution in [2.75, 3.05) is 50.2 Å². The number of aromatic nitrogens is 2. The van der Waals surface area contributed by atoms with E-state index >= 15 is 0 Å². The fourth-order valence-corrected chi connectivity index (χ4v) is 5.79. The van der Waals surface area contributed by atoms with E-state index in [1.54, 1.807) is 36.9 Å². The van der Waals surface area contributed by atoms with E-state index in [4.69, 9.17) is 19.4 Å². The largest absolute Gasteiger partial charge is 0.497 e. The quantitative estimate of drug-likeness (QED) is 0.477. The molecule has 0 N–H and O–H groups in total. The summed E-state index contributed by atoms with van der Waals surface area (Å²) in [6, 6.07) is 10.2. The third-order valence-electron chi connectivity index (χ3n) is 5.32. The van der Waals surface area contributed by atoms with Gasteiger partial charge in [-0.2, -0.15) is 0 Å². The summed E-state index contributed by atoms with van der Waals surface area (Å²) in [7, 11) is 3.40. The fraction of sp³-hybridized carbons (Fsp3) is 0.333. The lowest BCUT2D eigenvalue weighted by atomic mass is 10.2. The number of thiazole rings is 2. The molecular formula is C21H22N4O2S2. The van der Waals surface area contributed by atoms with Crippen molar-refractivity contribution in [3.05, 3.63) is 35.9 Å². The molecule has 6 nitrogen and oxygen atoms in total. The Morgan fingerprint density at radius 3 is 2.28 bits per heavy atom. The van der Waals surface area contributed by atoms with Crippen molar-refractivity contribution in [3.63, 3.8) is 0 Å². The molecule has 8 heteroatoms. The SMILES string of the molecule is COc1ccc2nc(N3CCN(c4nc5c(OC)ccc(C)c5s4)CC3)sc2c1. The van der Waals surface area contributed by atoms with E-state index in [9.17, 15) is 0 Å². The minimum atomic E-state index is 0.844. The van der Waals surface area contributed by atoms with Gasteiger partial charge in [-0.1, -0.05) is 28.7 Å². The molecule has 0 spiro atoms. The summed E-state index contributed by atoms with van der Waals surface area (Å²) in [5.41, 5.74) is 3.24. The van der Waals surface area contributed by atoms with Crippen molar-refractivity contribution < 1.29 is 9.47 Å². The van der Waals surface area contributed by atoms with Gasteiger partial charge in [0.1, 0.15) is 17.0 Å². The van der Waals surface area contributed by atoms with Gasteiger partial charge in [0.2, 0.25) is 0 Å². The zero-order valence-corrected chi connectivity index (χ0v) is 18.3. The number of nitrogens with zero attached hydrogens (tertiary/aromatic N) is 4. The normalized spacial score (nSPS) is 14.7. The second kappa shape index (κ2) is 7.35. The molecule has 3 heterocycles. The molecule has 4 aromatic rings. The summed E-state index contributed by atoms with van der Waals surface area (Å²) in [4.78, 5) is 14.5. The first-order chi connectivity index (χ1) is 14.2. The van der Waals surface area contributed by atoms with Crippen molar-refractivity contribution in [1.82, 2.24) is 9.97 Å². The molecule has 1 aliphatic rings. The molecule has 150 valence electrons. The van der Waals surface area contributed by atoms with Gasteiger partial charge >= 0.3 is 0 Å². The number of hydrogen-bond acceptors (Lipinski definition) is 8. The number of aryl methyl sites for hydroxylation is 1. The lowest BCUT2D eigenvalue weighted by Crippen LogP contribution is -2.46. The smallest absolute Gasteiger partial charge is 0.186 e. The Hall–Kier alpha value is -2.58. The van der Waals surface area contributed by atoms with Crippen LogP contribution in [0.3, 0.4) is 0 Å². The Labute approximate surface area is 177 Å². The van der Waals surface area contributed by atoms with Gasteiger partial charge in [-0.15, -0.1) is 0 Å². The van der Waals surface area contributed by atoms with Crippen molar-refractivity contribution in [2.45, 2.75) is 6.92 Å². The highest BCUT2D eigenvalue weighted by atomic mass is 32.1. The number of fused-ring (bicyclic) bond motifs is 2. The number of hydrogen-bond donors (Lipinski definition) is 0. The maximum Gasteiger partial charge on any atom is 0.186 e. The second-order valence-corrected chi connectivity index (χ2v) is 9.05. The molecular weight excluding hydrogens is 404 g/mol. The molecule has 1 aliphatic heterocycles. The average Bonchev–Trinajstić information content (AvgIpc) is 3.39. The van der Waals surface area contributed by atoms with Crippen LogP contribution in [0, 0.1) is 6.92 Å². The first-order valence-electron chi connectivity index (χ1n) is 9.55. The predicted molar refractivity (Wildman–Crippen MR) is 122 cm³/mol. The number of rotatable bonds is 4. The Morgan fingerprint density at radius 1 is 0.862 bits per heavy atom. The zero-order valence-electron chi connectivity index (χ0n) is 16.6. The highest BCUT2D eigenvalue weighted by Crippen LogP contribution is 2.37. The minimum absolute atomic E-state index is 0.844. The van der Waals surface area contributed by atoms with Gasteiger partial charge in [0.15, 0.2) is 10.3 Å². The summed E-state index contributed by atoms with van der Waals surface area (Å²) in [5, 5.41) is 2.15. The molecule has 1 fully saturated rings. The van der Waals surface area contributed by atoms with Gasteiger partial charge in [0, 0.05) is 26.2 Å². The topological polar surface area (TPSA) is 50.7 Å². The van der Waals surface area contributed by atoms with Gasteiger partial charge in [0.25, 0.3) is 0 Å². The lowest BCUT2D eigenvalue weighted by molar-refractivity contribution is 0.415. The molecule has 0 bridgehead atoms. The molecule has 0 aliphatic carbocycles. The van der Waals surface area contributed by atoms with Crippen LogP contribution in [0.15, 0.2) is 30.3 Å². The average molecular weight is 427 g/mol. The van der Waals surface area contributed by atoms with E-state index in [0.717, 1.165) is 63.7 Å². The van der Waals surface area contributed by atoms with Crippen molar-refractivity contribution in [3.8, 4) is 11.5 Å². The molecule has 1 saturated heterocycles. The molecule has 2 aromatic heterocycles. The van der Waals surface area contributed by atoms with E-state index in [1.807, 2.05) is 18.2 Å². The van der Waals surface area contributed by atoms with Crippen LogP contribution in [0.4, 0.5) is 10.3 Å². The fourth-order valence-electron chi connectivity index (χ4n) is 3.64. The van der Waals surface area contributed by atoms with Crippen LogP contribution in [-0.4, -0.2) is 50.4 Å². The van der Waals surface area contributed by atoms with Crippen LogP contribution in [0.2, 0.25) is 0 Å². The standard InChI is InChI=1S/C21H22N4O2S2/c1-13-4-7-16(27-3)18-19(13)29-21(23-18)25-10-8-24(9-11-25)20-22-15-6-5-14(26-2)12-17(15)28-20/h4-7,12H,8-11H2,1-3H3. The first kappa shape index (κ1) is 18.4. The lowest BCUT2D eigenvalue weighted by Gasteiger charge is -2.34. The van der Waals surface area contributed by atoms with Crippen molar-refractivity contribution in [2.24, 2.45) is 0 Å². The Balaban J connectivity index is 1.35. The van der Waals surface area contributed by atoms with Crippen LogP contribution >= 0.6 is 22.7 Å². The summed E-state index contributed by atoms with van der Waals surface area (Å²) in [5.74, 6) is 1.72. The van der Waals surface area contributed by atoms with Gasteiger partial charge < -0.3 is 19.3 Å². The van der Waals surface area contributed by atoms with Gasteiger partial charge in [-0.05, 0) is 36.8 Å². The summed E-state index contributed by atoms with van der Waals surface area (Å²) < 4.78 is 13.2. The van der Waals surface area contributed by atoms with Crippen LogP contribution in [0.5, 0.6) is 11.5 Å². The molecule has 0 atom stereocenters. The highest BCUT2D eigenvalue weighted by Gasteiger charge is 2.23. The third kappa shape index (κ3) is 3.26. The monoisotopic (exact) mass is 426 g/mol. The van der Waals surface area contributed by atoms with E-state index in [0.29, 0.717) is 0 Å². The van der Waals surface area contributed by atoms with Gasteiger partial charge in [-0.3, -0.25) is 0 Å². The van der Waals surface area contributed by atoms with Crippen LogP contribution in [-0.2, 0) is 0 Å². The van der Waals surface area contributed by atoms with E-state index in [2.05, 4.69) is 28.9 Å². The highest BCUT2D eigenvalue weighted by molar-refractivity contribution is 7.22. The van der Waals surface area contributed by atoms with E-state index < -0.39 is 0 Å². The summed E-state index contributed by atoms with van der Waals surface area (Å²) >= 11 is 3.48. The van der Waals surface area contributed by atoms with Crippen LogP contribution < -0.4 is 19.3 Å². The van der Waals surface area contributed by atoms with Gasteiger partial charge in [0.05, 0.1) is 29.1 Å². The minimum Gasteiger partial charge on any atom is -0.497 e. The molecule has 5 rings (SSSR count). The Kier molecular flexibility index (Phi) is 4.67. The maximum absolute atomic E-state index is 5.50. The molecule has 0 unspecified atom stereocenters. The number of methoxy groups -OCH3 is 2. The van der Waals surface area contributed by atoms with Gasteiger partial charge in [-0.25, -0.2) is 9.97 Å². The number of piperazine rings is 1. The molecule has 0 saturated carbocycles. The van der Waals surface area contributed by atoms with Crippen molar-refractivity contribution in [1.29, 1.82) is 0 Å². The summed E-state index contributed by atoms with van der Waals surface area (Å²) in [6.07, 6.45) is 0. The predicted octanol–water partition coefficient (Wildman–Crippen LogP) is 4.56. The maximum atomic E-state index is 5.50. The van der Waals surface area contributed by atoms with E-state index in [1.165, 1.54) is 10.3 Å². The number of benzene rings is 2. The third-order valence-corrected chi connectivity index (χ3v) is 7.65. The Bertz CT molecular complexity index is 1180.